The van der Waals surface area contributed by atoms with Crippen molar-refractivity contribution in [1.82, 2.24) is 0 Å². The summed E-state index contributed by atoms with van der Waals surface area (Å²) in [5, 5.41) is 10.0. The lowest BCUT2D eigenvalue weighted by Gasteiger charge is -2.29. The molecule has 0 aliphatic carbocycles. The van der Waals surface area contributed by atoms with E-state index < -0.39 is 18.5 Å². The van der Waals surface area contributed by atoms with Crippen LogP contribution in [0.5, 0.6) is 0 Å². The Morgan fingerprint density at radius 2 is 1.48 bits per heavy atom. The lowest BCUT2D eigenvalue weighted by Crippen LogP contribution is -2.39. The number of aliphatic hydroxyl groups is 1. The molecule has 1 heterocycles. The average Bonchev–Trinajstić information content (AvgIpc) is 2.80. The molecule has 0 saturated heterocycles. The van der Waals surface area contributed by atoms with E-state index in [-0.39, 0.29) is 19.4 Å². The van der Waals surface area contributed by atoms with E-state index >= 15 is 0 Å². The number of aliphatic imine (C=N–C) groups is 1. The lowest BCUT2D eigenvalue weighted by atomic mass is 10.1. The summed E-state index contributed by atoms with van der Waals surface area (Å²) in [5.74, 6) is 0.0742. The molecule has 3 atom stereocenters. The Kier molecular flexibility index (Phi) is 19.3. The first-order valence-corrected chi connectivity index (χ1v) is 13.0. The summed E-state index contributed by atoms with van der Waals surface area (Å²) in [5.41, 5.74) is 10.6. The Labute approximate surface area is 201 Å². The second-order valence-corrected chi connectivity index (χ2v) is 8.74. The first-order valence-electron chi connectivity index (χ1n) is 13.0. The zero-order chi connectivity index (χ0) is 24.0. The summed E-state index contributed by atoms with van der Waals surface area (Å²) < 4.78 is 22.4. The minimum Gasteiger partial charge on any atom is -0.386 e. The molecule has 0 aromatic heterocycles. The fourth-order valence-corrected chi connectivity index (χ4v) is 3.66. The molecule has 0 radical (unpaired) electrons. The molecule has 1 aliphatic heterocycles. The van der Waals surface area contributed by atoms with Gasteiger partial charge in [-0.05, 0) is 18.9 Å². The molecule has 0 amide bonds. The van der Waals surface area contributed by atoms with Crippen molar-refractivity contribution in [1.29, 1.82) is 0 Å². The maximum absolute atomic E-state index is 10.0. The summed E-state index contributed by atoms with van der Waals surface area (Å²) in [6, 6.07) is 0. The molecule has 0 unspecified atom stereocenters. The zero-order valence-corrected chi connectivity index (χ0v) is 20.8. The van der Waals surface area contributed by atoms with Gasteiger partial charge in [-0.1, -0.05) is 83.6 Å². The number of nitrogens with zero attached hydrogens (tertiary/aromatic N) is 1. The van der Waals surface area contributed by atoms with Crippen LogP contribution in [0.3, 0.4) is 0 Å². The van der Waals surface area contributed by atoms with Gasteiger partial charge in [-0.25, -0.2) is 0 Å². The van der Waals surface area contributed by atoms with Crippen molar-refractivity contribution in [3.05, 3.63) is 12.2 Å². The van der Waals surface area contributed by atoms with Gasteiger partial charge < -0.3 is 35.5 Å². The quantitative estimate of drug-likeness (QED) is 0.0717. The minimum atomic E-state index is -0.720. The van der Waals surface area contributed by atoms with Crippen molar-refractivity contribution in [3.8, 4) is 0 Å². The van der Waals surface area contributed by atoms with Crippen molar-refractivity contribution in [2.24, 2.45) is 16.5 Å². The van der Waals surface area contributed by atoms with Gasteiger partial charge in [0.15, 0.2) is 12.2 Å². The van der Waals surface area contributed by atoms with E-state index in [2.05, 4.69) is 11.9 Å². The highest BCUT2D eigenvalue weighted by Gasteiger charge is 2.26. The highest BCUT2D eigenvalue weighted by Crippen LogP contribution is 2.15. The molecule has 33 heavy (non-hydrogen) atoms. The van der Waals surface area contributed by atoms with Crippen LogP contribution in [0.1, 0.15) is 90.4 Å². The second kappa shape index (κ2) is 21.4. The monoisotopic (exact) mass is 471 g/mol. The van der Waals surface area contributed by atoms with E-state index in [1.807, 2.05) is 0 Å². The van der Waals surface area contributed by atoms with Gasteiger partial charge in [0.2, 0.25) is 0 Å². The molecule has 194 valence electrons. The summed E-state index contributed by atoms with van der Waals surface area (Å²) >= 11 is 0. The number of hydrogen-bond acceptors (Lipinski definition) is 6. The molecule has 8 nitrogen and oxygen atoms in total. The lowest BCUT2D eigenvalue weighted by molar-refractivity contribution is -0.194. The molecular formula is C25H49N3O5. The summed E-state index contributed by atoms with van der Waals surface area (Å²) in [4.78, 5) is 3.90. The van der Waals surface area contributed by atoms with E-state index in [0.717, 1.165) is 6.42 Å². The number of aliphatic hydroxyl groups excluding tert-OH is 1. The summed E-state index contributed by atoms with van der Waals surface area (Å²) in [6.07, 6.45) is 18.3. The second-order valence-electron chi connectivity index (χ2n) is 8.74. The van der Waals surface area contributed by atoms with Crippen molar-refractivity contribution in [2.45, 2.75) is 109 Å². The summed E-state index contributed by atoms with van der Waals surface area (Å²) in [7, 11) is 0. The van der Waals surface area contributed by atoms with E-state index in [9.17, 15) is 5.11 Å². The SMILES string of the molecule is CCCCCCCCCCCCCCOCOC[C@H]1O[C@H](OCCCN=C(N)N)C=C[C@@H]1O. The predicted octanol–water partition coefficient (Wildman–Crippen LogP) is 4.00. The van der Waals surface area contributed by atoms with Crippen molar-refractivity contribution < 1.29 is 24.1 Å². The molecule has 0 aromatic rings. The molecule has 0 aromatic carbocycles. The molecule has 0 spiro atoms. The van der Waals surface area contributed by atoms with Gasteiger partial charge in [0.1, 0.15) is 19.0 Å². The number of guanidine groups is 1. The Morgan fingerprint density at radius 1 is 0.848 bits per heavy atom. The van der Waals surface area contributed by atoms with Crippen LogP contribution < -0.4 is 11.5 Å². The van der Waals surface area contributed by atoms with Gasteiger partial charge in [-0.15, -0.1) is 0 Å². The van der Waals surface area contributed by atoms with E-state index in [4.69, 9.17) is 30.4 Å². The summed E-state index contributed by atoms with van der Waals surface area (Å²) in [6.45, 7) is 4.38. The fraction of sp³-hybridized carbons (Fsp3) is 0.880. The van der Waals surface area contributed by atoms with Crippen LogP contribution in [-0.2, 0) is 18.9 Å². The number of ether oxygens (including phenoxy) is 4. The average molecular weight is 472 g/mol. The molecule has 5 N–H and O–H groups in total. The van der Waals surface area contributed by atoms with Crippen LogP contribution in [0.4, 0.5) is 0 Å². The molecule has 0 saturated carbocycles. The Balaban J connectivity index is 1.90. The molecule has 0 bridgehead atoms. The normalized spacial score (nSPS) is 20.2. The maximum Gasteiger partial charge on any atom is 0.185 e. The van der Waals surface area contributed by atoms with Crippen LogP contribution in [0.15, 0.2) is 17.1 Å². The van der Waals surface area contributed by atoms with Crippen molar-refractivity contribution in [2.75, 3.05) is 33.2 Å². The standard InChI is InChI=1S/C25H49N3O5/c1-2-3-4-5-6-7-8-9-10-11-12-13-18-30-21-31-20-23-22(29)15-16-24(33-23)32-19-14-17-28-25(26)27/h15-16,22-24,29H,2-14,17-21H2,1H3,(H4,26,27,28)/t22-,23+,24-/m0/s1. The van der Waals surface area contributed by atoms with Crippen LogP contribution in [0.2, 0.25) is 0 Å². The third-order valence-corrected chi connectivity index (χ3v) is 5.63. The number of rotatable bonds is 22. The zero-order valence-electron chi connectivity index (χ0n) is 20.8. The van der Waals surface area contributed by atoms with E-state index in [1.54, 1.807) is 12.2 Å². The third-order valence-electron chi connectivity index (χ3n) is 5.63. The first kappa shape index (κ1) is 29.8. The highest BCUT2D eigenvalue weighted by atomic mass is 16.7. The van der Waals surface area contributed by atoms with Gasteiger partial charge >= 0.3 is 0 Å². The largest absolute Gasteiger partial charge is 0.386 e. The third kappa shape index (κ3) is 17.9. The molecule has 1 aliphatic rings. The highest BCUT2D eigenvalue weighted by molar-refractivity contribution is 5.75. The van der Waals surface area contributed by atoms with Crippen LogP contribution in [-0.4, -0.2) is 62.7 Å². The molecule has 8 heteroatoms. The Hall–Kier alpha value is -1.19. The van der Waals surface area contributed by atoms with E-state index in [1.165, 1.54) is 70.6 Å². The van der Waals surface area contributed by atoms with Gasteiger partial charge in [0.25, 0.3) is 0 Å². The smallest absolute Gasteiger partial charge is 0.185 e. The topological polar surface area (TPSA) is 122 Å². The van der Waals surface area contributed by atoms with Crippen molar-refractivity contribution >= 4 is 5.96 Å². The van der Waals surface area contributed by atoms with Gasteiger partial charge in [-0.2, -0.15) is 0 Å². The maximum atomic E-state index is 10.0. The van der Waals surface area contributed by atoms with Gasteiger partial charge in [0.05, 0.1) is 13.2 Å². The Bertz CT molecular complexity index is 500. The van der Waals surface area contributed by atoms with Crippen molar-refractivity contribution in [3.63, 3.8) is 0 Å². The number of hydrogen-bond donors (Lipinski definition) is 3. The van der Waals surface area contributed by atoms with Crippen LogP contribution >= 0.6 is 0 Å². The van der Waals surface area contributed by atoms with Gasteiger partial charge in [0, 0.05) is 13.2 Å². The van der Waals surface area contributed by atoms with Crippen LogP contribution in [0, 0.1) is 0 Å². The number of nitrogens with two attached hydrogens (primary N) is 2. The first-order chi connectivity index (χ1) is 16.1. The molecule has 1 rings (SSSR count). The number of unbranched alkanes of at least 4 members (excludes halogenated alkanes) is 11. The molecular weight excluding hydrogens is 422 g/mol. The van der Waals surface area contributed by atoms with E-state index in [0.29, 0.717) is 26.2 Å². The minimum absolute atomic E-state index is 0.0742. The van der Waals surface area contributed by atoms with Gasteiger partial charge in [-0.3, -0.25) is 4.99 Å². The Morgan fingerprint density at radius 3 is 2.12 bits per heavy atom. The fourth-order valence-electron chi connectivity index (χ4n) is 3.66. The molecule has 0 fully saturated rings. The predicted molar refractivity (Wildman–Crippen MR) is 133 cm³/mol. The van der Waals surface area contributed by atoms with Crippen LogP contribution in [0.25, 0.3) is 0 Å².